The van der Waals surface area contributed by atoms with Crippen molar-refractivity contribution in [2.45, 2.75) is 26.1 Å². The Morgan fingerprint density at radius 3 is 2.65 bits per heavy atom. The van der Waals surface area contributed by atoms with Crippen molar-refractivity contribution >= 4 is 27.7 Å². The summed E-state index contributed by atoms with van der Waals surface area (Å²) in [6.45, 7) is 3.76. The zero-order valence-corrected chi connectivity index (χ0v) is 12.8. The number of carbonyl (C=O) groups excluding carboxylic acids is 1. The predicted molar refractivity (Wildman–Crippen MR) is 73.3 cm³/mol. The summed E-state index contributed by atoms with van der Waals surface area (Å²) in [5.74, 6) is -0.656. The summed E-state index contributed by atoms with van der Waals surface area (Å²) >= 11 is 2.95. The zero-order chi connectivity index (χ0) is 15.5. The zero-order valence-electron chi connectivity index (χ0n) is 11.3. The van der Waals surface area contributed by atoms with E-state index < -0.39 is 17.8 Å². The highest BCUT2D eigenvalue weighted by molar-refractivity contribution is 9.10. The Hall–Kier alpha value is -1.31. The molecule has 0 aliphatic rings. The van der Waals surface area contributed by atoms with E-state index in [0.717, 1.165) is 6.07 Å². The van der Waals surface area contributed by atoms with E-state index in [4.69, 9.17) is 0 Å². The molecule has 0 bridgehead atoms. The summed E-state index contributed by atoms with van der Waals surface area (Å²) < 4.78 is 38.9. The molecule has 0 saturated heterocycles. The van der Waals surface area contributed by atoms with Crippen molar-refractivity contribution in [1.82, 2.24) is 9.88 Å². The van der Waals surface area contributed by atoms with E-state index in [9.17, 15) is 18.0 Å². The van der Waals surface area contributed by atoms with Crippen LogP contribution in [0.5, 0.6) is 0 Å². The smallest absolute Gasteiger partial charge is 0.358 e. The molecular formula is C12H15BrF3N3O. The fraction of sp³-hybridized carbons (Fsp3) is 0.500. The number of hydrogen-bond donors (Lipinski definition) is 1. The molecule has 112 valence electrons. The van der Waals surface area contributed by atoms with Gasteiger partial charge in [-0.1, -0.05) is 0 Å². The normalized spacial score (nSPS) is 12.9. The maximum absolute atomic E-state index is 12.9. The van der Waals surface area contributed by atoms with E-state index >= 15 is 0 Å². The number of halogens is 4. The lowest BCUT2D eigenvalue weighted by molar-refractivity contribution is -0.137. The molecule has 8 heteroatoms. The minimum Gasteiger partial charge on any atom is -0.358 e. The molecule has 4 nitrogen and oxygen atoms in total. The lowest BCUT2D eigenvalue weighted by atomic mass is 10.2. The van der Waals surface area contributed by atoms with Gasteiger partial charge in [-0.05, 0) is 35.8 Å². The van der Waals surface area contributed by atoms with E-state index in [1.54, 1.807) is 14.0 Å². The fourth-order valence-corrected chi connectivity index (χ4v) is 1.85. The SMILES string of the molecule is CCN(C)C(=O)C(C)Nc1ncc(Br)cc1C(F)(F)F. The highest BCUT2D eigenvalue weighted by Gasteiger charge is 2.35. The van der Waals surface area contributed by atoms with Gasteiger partial charge in [0.15, 0.2) is 0 Å². The Labute approximate surface area is 123 Å². The third-order valence-electron chi connectivity index (χ3n) is 2.73. The van der Waals surface area contributed by atoms with E-state index in [0.29, 0.717) is 6.54 Å². The van der Waals surface area contributed by atoms with Gasteiger partial charge in [-0.3, -0.25) is 4.79 Å². The first-order chi connectivity index (χ1) is 9.16. The highest BCUT2D eigenvalue weighted by atomic mass is 79.9. The second-order valence-corrected chi connectivity index (χ2v) is 5.18. The minimum absolute atomic E-state index is 0.222. The van der Waals surface area contributed by atoms with Crippen molar-refractivity contribution in [3.8, 4) is 0 Å². The van der Waals surface area contributed by atoms with Crippen LogP contribution in [-0.2, 0) is 11.0 Å². The number of rotatable bonds is 4. The van der Waals surface area contributed by atoms with Crippen molar-refractivity contribution in [2.75, 3.05) is 18.9 Å². The predicted octanol–water partition coefficient (Wildman–Crippen LogP) is 3.14. The molecule has 20 heavy (non-hydrogen) atoms. The van der Waals surface area contributed by atoms with Crippen LogP contribution in [0.1, 0.15) is 19.4 Å². The molecule has 1 heterocycles. The van der Waals surface area contributed by atoms with Crippen molar-refractivity contribution in [2.24, 2.45) is 0 Å². The first-order valence-corrected chi connectivity index (χ1v) is 6.70. The van der Waals surface area contributed by atoms with Crippen LogP contribution in [0.4, 0.5) is 19.0 Å². The van der Waals surface area contributed by atoms with Crippen LogP contribution in [-0.4, -0.2) is 35.4 Å². The van der Waals surface area contributed by atoms with Gasteiger partial charge in [0.05, 0.1) is 5.56 Å². The van der Waals surface area contributed by atoms with Crippen LogP contribution in [0.25, 0.3) is 0 Å². The van der Waals surface area contributed by atoms with Crippen LogP contribution in [0.15, 0.2) is 16.7 Å². The van der Waals surface area contributed by atoms with E-state index in [2.05, 4.69) is 26.2 Å². The van der Waals surface area contributed by atoms with Crippen LogP contribution >= 0.6 is 15.9 Å². The molecule has 1 rings (SSSR count). The molecule has 0 aliphatic heterocycles. The van der Waals surface area contributed by atoms with Gasteiger partial charge in [-0.2, -0.15) is 13.2 Å². The second-order valence-electron chi connectivity index (χ2n) is 4.27. The number of likely N-dealkylation sites (N-methyl/N-ethyl adjacent to an activating group) is 1. The van der Waals surface area contributed by atoms with Gasteiger partial charge < -0.3 is 10.2 Å². The topological polar surface area (TPSA) is 45.2 Å². The number of amides is 1. The van der Waals surface area contributed by atoms with Gasteiger partial charge in [0.2, 0.25) is 5.91 Å². The van der Waals surface area contributed by atoms with Crippen LogP contribution in [0.2, 0.25) is 0 Å². The number of nitrogens with one attached hydrogen (secondary N) is 1. The first-order valence-electron chi connectivity index (χ1n) is 5.91. The lowest BCUT2D eigenvalue weighted by Crippen LogP contribution is -2.39. The van der Waals surface area contributed by atoms with Crippen LogP contribution in [0, 0.1) is 0 Å². The Morgan fingerprint density at radius 1 is 1.55 bits per heavy atom. The molecule has 1 unspecified atom stereocenters. The molecule has 0 fully saturated rings. The highest BCUT2D eigenvalue weighted by Crippen LogP contribution is 2.35. The Bertz CT molecular complexity index is 493. The average molecular weight is 354 g/mol. The Kier molecular flexibility index (Phi) is 5.38. The number of pyridine rings is 1. The van der Waals surface area contributed by atoms with Crippen molar-refractivity contribution in [1.29, 1.82) is 0 Å². The molecule has 1 aromatic heterocycles. The van der Waals surface area contributed by atoms with Gasteiger partial charge in [0, 0.05) is 24.3 Å². The van der Waals surface area contributed by atoms with Gasteiger partial charge in [-0.15, -0.1) is 0 Å². The molecule has 1 N–H and O–H groups in total. The average Bonchev–Trinajstić information content (AvgIpc) is 2.37. The number of aromatic nitrogens is 1. The third-order valence-corrected chi connectivity index (χ3v) is 3.17. The van der Waals surface area contributed by atoms with E-state index in [1.165, 1.54) is 18.0 Å². The maximum Gasteiger partial charge on any atom is 0.419 e. The Morgan fingerprint density at radius 2 is 2.15 bits per heavy atom. The summed E-state index contributed by atoms with van der Waals surface area (Å²) in [5.41, 5.74) is -0.911. The molecule has 1 aromatic rings. The quantitative estimate of drug-likeness (QED) is 0.904. The van der Waals surface area contributed by atoms with E-state index in [-0.39, 0.29) is 16.2 Å². The summed E-state index contributed by atoms with van der Waals surface area (Å²) in [4.78, 5) is 17.0. The lowest BCUT2D eigenvalue weighted by Gasteiger charge is -2.22. The molecule has 0 radical (unpaired) electrons. The largest absolute Gasteiger partial charge is 0.419 e. The van der Waals surface area contributed by atoms with Gasteiger partial charge in [0.1, 0.15) is 11.9 Å². The van der Waals surface area contributed by atoms with E-state index in [1.807, 2.05) is 0 Å². The maximum atomic E-state index is 12.9. The van der Waals surface area contributed by atoms with Crippen molar-refractivity contribution in [3.05, 3.63) is 22.3 Å². The van der Waals surface area contributed by atoms with Crippen LogP contribution < -0.4 is 5.32 Å². The molecule has 0 aromatic carbocycles. The fourth-order valence-electron chi connectivity index (χ4n) is 1.52. The third kappa shape index (κ3) is 4.09. The molecule has 1 atom stereocenters. The minimum atomic E-state index is -4.54. The van der Waals surface area contributed by atoms with Gasteiger partial charge in [-0.25, -0.2) is 4.98 Å². The number of hydrogen-bond acceptors (Lipinski definition) is 3. The van der Waals surface area contributed by atoms with Gasteiger partial charge in [0.25, 0.3) is 0 Å². The summed E-state index contributed by atoms with van der Waals surface area (Å²) in [5, 5.41) is 2.52. The number of anilines is 1. The molecule has 1 amide bonds. The molecule has 0 aliphatic carbocycles. The summed E-state index contributed by atoms with van der Waals surface area (Å²) in [6, 6.07) is 0.130. The summed E-state index contributed by atoms with van der Waals surface area (Å²) in [7, 11) is 1.58. The number of carbonyl (C=O) groups is 1. The molecule has 0 saturated carbocycles. The Balaban J connectivity index is 3.01. The number of alkyl halides is 3. The van der Waals surface area contributed by atoms with Crippen LogP contribution in [0.3, 0.4) is 0 Å². The standard InChI is InChI=1S/C12H15BrF3N3O/c1-4-19(3)11(20)7(2)18-10-9(12(14,15)16)5-8(13)6-17-10/h5-7H,4H2,1-3H3,(H,17,18). The monoisotopic (exact) mass is 353 g/mol. The molecular weight excluding hydrogens is 339 g/mol. The summed E-state index contributed by atoms with van der Waals surface area (Å²) in [6.07, 6.45) is -3.29. The second kappa shape index (κ2) is 6.43. The number of nitrogens with zero attached hydrogens (tertiary/aromatic N) is 2. The van der Waals surface area contributed by atoms with Crippen molar-refractivity contribution in [3.63, 3.8) is 0 Å². The van der Waals surface area contributed by atoms with Crippen molar-refractivity contribution < 1.29 is 18.0 Å². The first kappa shape index (κ1) is 16.7. The molecule has 0 spiro atoms. The van der Waals surface area contributed by atoms with Gasteiger partial charge >= 0.3 is 6.18 Å².